The van der Waals surface area contributed by atoms with Gasteiger partial charge in [0.2, 0.25) is 0 Å². The molecule has 0 radical (unpaired) electrons. The first kappa shape index (κ1) is 20.2. The van der Waals surface area contributed by atoms with Crippen molar-refractivity contribution in [1.82, 2.24) is 0 Å². The SMILES string of the molecule is CC(CCCC(C)(C)O)CC(O)S(=O)(=O)[O-].[Na+]. The smallest absolute Gasteiger partial charge is 0.746 e. The molecule has 0 aromatic heterocycles. The monoisotopic (exact) mass is 276 g/mol. The van der Waals surface area contributed by atoms with E-state index in [4.69, 9.17) is 5.11 Å². The molecule has 0 spiro atoms. The molecule has 0 bridgehead atoms. The molecule has 0 amide bonds. The van der Waals surface area contributed by atoms with Crippen molar-refractivity contribution in [2.24, 2.45) is 5.92 Å². The average molecular weight is 276 g/mol. The van der Waals surface area contributed by atoms with Gasteiger partial charge in [-0.3, -0.25) is 0 Å². The average Bonchev–Trinajstić information content (AvgIpc) is 1.99. The molecule has 2 unspecified atom stereocenters. The summed E-state index contributed by atoms with van der Waals surface area (Å²) in [5.41, 5.74) is -2.55. The van der Waals surface area contributed by atoms with E-state index in [-0.39, 0.29) is 41.9 Å². The predicted octanol–water partition coefficient (Wildman–Crippen LogP) is -2.18. The molecule has 0 saturated heterocycles. The van der Waals surface area contributed by atoms with E-state index in [1.165, 1.54) is 0 Å². The van der Waals surface area contributed by atoms with E-state index >= 15 is 0 Å². The standard InChI is InChI=1S/C10H22O5S.Na/c1-8(5-4-6-10(2,3)12)7-9(11)16(13,14)15;/h8-9,11-12H,4-7H2,1-3H3,(H,13,14,15);/q;+1/p-1. The van der Waals surface area contributed by atoms with Crippen molar-refractivity contribution in [2.45, 2.75) is 57.5 Å². The molecule has 0 aliphatic rings. The number of aliphatic hydroxyl groups excluding tert-OH is 1. The molecule has 7 heteroatoms. The molecule has 0 aromatic carbocycles. The number of hydrogen-bond acceptors (Lipinski definition) is 5. The van der Waals surface area contributed by atoms with E-state index in [1.807, 2.05) is 0 Å². The number of rotatable bonds is 7. The van der Waals surface area contributed by atoms with E-state index in [2.05, 4.69) is 0 Å². The van der Waals surface area contributed by atoms with Crippen molar-refractivity contribution in [3.63, 3.8) is 0 Å². The first-order valence-corrected chi connectivity index (χ1v) is 6.84. The van der Waals surface area contributed by atoms with E-state index in [9.17, 15) is 18.1 Å². The minimum absolute atomic E-state index is 0. The van der Waals surface area contributed by atoms with Crippen molar-refractivity contribution in [2.75, 3.05) is 0 Å². The zero-order valence-electron chi connectivity index (χ0n) is 11.0. The largest absolute Gasteiger partial charge is 1.00 e. The molecule has 0 rings (SSSR count). The predicted molar refractivity (Wildman–Crippen MR) is 59.6 cm³/mol. The van der Waals surface area contributed by atoms with Crippen LogP contribution in [-0.2, 0) is 10.1 Å². The maximum atomic E-state index is 10.5. The van der Waals surface area contributed by atoms with Crippen LogP contribution in [0.5, 0.6) is 0 Å². The van der Waals surface area contributed by atoms with Gasteiger partial charge in [0, 0.05) is 0 Å². The van der Waals surface area contributed by atoms with Gasteiger partial charge in [0.05, 0.1) is 5.60 Å². The summed E-state index contributed by atoms with van der Waals surface area (Å²) in [7, 11) is -4.60. The van der Waals surface area contributed by atoms with Gasteiger partial charge in [0.15, 0.2) is 0 Å². The van der Waals surface area contributed by atoms with Gasteiger partial charge in [0.25, 0.3) is 0 Å². The van der Waals surface area contributed by atoms with Gasteiger partial charge >= 0.3 is 29.6 Å². The summed E-state index contributed by atoms with van der Waals surface area (Å²) >= 11 is 0. The Morgan fingerprint density at radius 1 is 1.35 bits per heavy atom. The molecule has 17 heavy (non-hydrogen) atoms. The molecule has 0 saturated carbocycles. The van der Waals surface area contributed by atoms with Crippen LogP contribution in [0.3, 0.4) is 0 Å². The van der Waals surface area contributed by atoms with Crippen molar-refractivity contribution in [1.29, 1.82) is 0 Å². The van der Waals surface area contributed by atoms with E-state index < -0.39 is 21.2 Å². The summed E-state index contributed by atoms with van der Waals surface area (Å²) in [4.78, 5) is 0. The van der Waals surface area contributed by atoms with E-state index in [0.717, 1.165) is 6.42 Å². The second-order valence-electron chi connectivity index (χ2n) is 4.99. The third-order valence-electron chi connectivity index (χ3n) is 2.42. The minimum atomic E-state index is -4.60. The zero-order chi connectivity index (χ0) is 13.0. The molecule has 5 nitrogen and oxygen atoms in total. The van der Waals surface area contributed by atoms with Gasteiger partial charge in [-0.05, 0) is 32.6 Å². The molecule has 2 atom stereocenters. The summed E-state index contributed by atoms with van der Waals surface area (Å²) in [6.07, 6.45) is 1.97. The van der Waals surface area contributed by atoms with Crippen LogP contribution in [-0.4, -0.2) is 34.2 Å². The van der Waals surface area contributed by atoms with Crippen molar-refractivity contribution >= 4 is 10.1 Å². The fourth-order valence-electron chi connectivity index (χ4n) is 1.46. The Labute approximate surface area is 126 Å². The van der Waals surface area contributed by atoms with Gasteiger partial charge in [-0.15, -0.1) is 0 Å². The summed E-state index contributed by atoms with van der Waals surface area (Å²) in [6.45, 7) is 5.18. The quantitative estimate of drug-likeness (QED) is 0.407. The zero-order valence-corrected chi connectivity index (χ0v) is 13.8. The van der Waals surface area contributed by atoms with Crippen LogP contribution in [0.15, 0.2) is 0 Å². The summed E-state index contributed by atoms with van der Waals surface area (Å²) < 4.78 is 31.4. The summed E-state index contributed by atoms with van der Waals surface area (Å²) in [5.74, 6) is -0.0546. The first-order valence-electron chi connectivity index (χ1n) is 5.37. The second-order valence-corrected chi connectivity index (χ2v) is 6.52. The van der Waals surface area contributed by atoms with Gasteiger partial charge in [0.1, 0.15) is 15.6 Å². The van der Waals surface area contributed by atoms with Crippen molar-refractivity contribution in [3.05, 3.63) is 0 Å². The first-order chi connectivity index (χ1) is 7.02. The maximum Gasteiger partial charge on any atom is 1.00 e. The van der Waals surface area contributed by atoms with E-state index in [0.29, 0.717) is 12.8 Å². The Morgan fingerprint density at radius 2 is 1.82 bits per heavy atom. The van der Waals surface area contributed by atoms with Gasteiger partial charge in [-0.2, -0.15) is 0 Å². The fraction of sp³-hybridized carbons (Fsp3) is 1.00. The Hall–Kier alpha value is 0.830. The molecule has 0 aliphatic heterocycles. The van der Waals surface area contributed by atoms with Crippen molar-refractivity contribution in [3.8, 4) is 0 Å². The van der Waals surface area contributed by atoms with Crippen LogP contribution in [0.2, 0.25) is 0 Å². The molecule has 0 fully saturated rings. The van der Waals surface area contributed by atoms with E-state index in [1.54, 1.807) is 20.8 Å². The Morgan fingerprint density at radius 3 is 2.18 bits per heavy atom. The Kier molecular flexibility index (Phi) is 9.59. The van der Waals surface area contributed by atoms with Crippen LogP contribution in [0, 0.1) is 5.92 Å². The molecule has 98 valence electrons. The molecule has 2 N–H and O–H groups in total. The van der Waals surface area contributed by atoms with Crippen molar-refractivity contribution < 1.29 is 52.7 Å². The molecular formula is C10H21NaO5S. The normalized spacial score (nSPS) is 16.1. The van der Waals surface area contributed by atoms with Crippen LogP contribution < -0.4 is 29.6 Å². The molecule has 0 aliphatic carbocycles. The third kappa shape index (κ3) is 11.6. The fourth-order valence-corrected chi connectivity index (χ4v) is 2.03. The van der Waals surface area contributed by atoms with Gasteiger partial charge < -0.3 is 14.8 Å². The molecule has 0 aromatic rings. The van der Waals surface area contributed by atoms with Gasteiger partial charge in [-0.25, -0.2) is 8.42 Å². The Balaban J connectivity index is 0. The maximum absolute atomic E-state index is 10.5. The van der Waals surface area contributed by atoms with Crippen LogP contribution in [0.4, 0.5) is 0 Å². The van der Waals surface area contributed by atoms with Crippen LogP contribution >= 0.6 is 0 Å². The van der Waals surface area contributed by atoms with Crippen LogP contribution in [0.1, 0.15) is 46.5 Å². The Bertz CT molecular complexity index is 296. The summed E-state index contributed by atoms with van der Waals surface area (Å²) in [6, 6.07) is 0. The topological polar surface area (TPSA) is 97.7 Å². The van der Waals surface area contributed by atoms with Crippen LogP contribution in [0.25, 0.3) is 0 Å². The minimum Gasteiger partial charge on any atom is -0.746 e. The number of hydrogen-bond donors (Lipinski definition) is 2. The summed E-state index contributed by atoms with van der Waals surface area (Å²) in [5, 5.41) is 18.5. The number of aliphatic hydroxyl groups is 2. The third-order valence-corrected chi connectivity index (χ3v) is 3.28. The molecule has 0 heterocycles. The molecular weight excluding hydrogens is 255 g/mol. The second kappa shape index (κ2) is 8.09. The van der Waals surface area contributed by atoms with Gasteiger partial charge in [-0.1, -0.05) is 19.8 Å².